The predicted molar refractivity (Wildman–Crippen MR) is 143 cm³/mol. The van der Waals surface area contributed by atoms with E-state index in [-0.39, 0.29) is 34.0 Å². The predicted octanol–water partition coefficient (Wildman–Crippen LogP) is 4.80. The SMILES string of the molecule is CCc1nnc(N2C(=O)c3oc4ccccc4c(=O)c3C23C(=O)N(Cc2ccccc2F)c2ccccc23)s1. The molecule has 0 N–H and O–H groups in total. The van der Waals surface area contributed by atoms with Gasteiger partial charge >= 0.3 is 0 Å². The van der Waals surface area contributed by atoms with Gasteiger partial charge in [0.15, 0.2) is 11.0 Å². The minimum absolute atomic E-state index is 0.0760. The molecule has 1 spiro atoms. The summed E-state index contributed by atoms with van der Waals surface area (Å²) in [6.45, 7) is 1.81. The van der Waals surface area contributed by atoms with Gasteiger partial charge in [-0.3, -0.25) is 19.3 Å². The second-order valence-corrected chi connectivity index (χ2v) is 10.4. The number of halogens is 1. The first-order chi connectivity index (χ1) is 19.0. The van der Waals surface area contributed by atoms with Gasteiger partial charge < -0.3 is 9.32 Å². The number of aromatic nitrogens is 2. The fraction of sp³-hybridized carbons (Fsp3) is 0.138. The van der Waals surface area contributed by atoms with E-state index in [2.05, 4.69) is 10.2 Å². The molecule has 10 heteroatoms. The van der Waals surface area contributed by atoms with Crippen LogP contribution in [0.15, 0.2) is 82.0 Å². The Bertz CT molecular complexity index is 1900. The average molecular weight is 539 g/mol. The van der Waals surface area contributed by atoms with E-state index < -0.39 is 28.6 Å². The molecule has 3 aromatic carbocycles. The number of carbonyl (C=O) groups excluding carboxylic acids is 2. The first-order valence-electron chi connectivity index (χ1n) is 12.3. The van der Waals surface area contributed by atoms with E-state index in [1.165, 1.54) is 27.2 Å². The molecule has 2 aliphatic rings. The number of amides is 2. The summed E-state index contributed by atoms with van der Waals surface area (Å²) >= 11 is 1.17. The number of fused-ring (bicyclic) bond motifs is 5. The summed E-state index contributed by atoms with van der Waals surface area (Å²) in [5.74, 6) is -1.93. The van der Waals surface area contributed by atoms with E-state index in [4.69, 9.17) is 4.42 Å². The molecule has 8 nitrogen and oxygen atoms in total. The van der Waals surface area contributed by atoms with Crippen molar-refractivity contribution in [2.45, 2.75) is 25.4 Å². The van der Waals surface area contributed by atoms with Gasteiger partial charge in [0.1, 0.15) is 16.4 Å². The highest BCUT2D eigenvalue weighted by atomic mass is 32.1. The number of hydrogen-bond donors (Lipinski definition) is 0. The third-order valence-electron chi connectivity index (χ3n) is 7.27. The summed E-state index contributed by atoms with van der Waals surface area (Å²) < 4.78 is 20.8. The lowest BCUT2D eigenvalue weighted by molar-refractivity contribution is -0.121. The van der Waals surface area contributed by atoms with Crippen LogP contribution in [0.25, 0.3) is 11.0 Å². The van der Waals surface area contributed by atoms with E-state index >= 15 is 0 Å². The average Bonchev–Trinajstić information content (AvgIpc) is 3.60. The van der Waals surface area contributed by atoms with Gasteiger partial charge in [0.25, 0.3) is 11.8 Å². The van der Waals surface area contributed by atoms with Crippen LogP contribution in [0.2, 0.25) is 0 Å². The van der Waals surface area contributed by atoms with Gasteiger partial charge in [0.05, 0.1) is 23.2 Å². The third kappa shape index (κ3) is 3.06. The number of nitrogens with zero attached hydrogens (tertiary/aromatic N) is 4. The molecule has 0 saturated heterocycles. The van der Waals surface area contributed by atoms with Crippen molar-refractivity contribution in [2.75, 3.05) is 9.80 Å². The monoisotopic (exact) mass is 538 g/mol. The Morgan fingerprint density at radius 3 is 2.49 bits per heavy atom. The Labute approximate surface area is 224 Å². The fourth-order valence-corrected chi connectivity index (χ4v) is 6.37. The Balaban J connectivity index is 1.56. The van der Waals surface area contributed by atoms with Crippen molar-refractivity contribution in [1.82, 2.24) is 10.2 Å². The van der Waals surface area contributed by atoms with Gasteiger partial charge in [-0.25, -0.2) is 4.39 Å². The number of para-hydroxylation sites is 2. The number of rotatable bonds is 4. The molecular weight excluding hydrogens is 519 g/mol. The van der Waals surface area contributed by atoms with Crippen LogP contribution < -0.4 is 15.2 Å². The van der Waals surface area contributed by atoms with Crippen LogP contribution in [-0.2, 0) is 23.3 Å². The smallest absolute Gasteiger partial charge is 0.297 e. The van der Waals surface area contributed by atoms with Crippen LogP contribution in [0.1, 0.15) is 39.2 Å². The van der Waals surface area contributed by atoms with Gasteiger partial charge in [-0.2, -0.15) is 0 Å². The van der Waals surface area contributed by atoms with Crippen molar-refractivity contribution in [1.29, 1.82) is 0 Å². The first-order valence-corrected chi connectivity index (χ1v) is 13.2. The summed E-state index contributed by atoms with van der Waals surface area (Å²) in [6.07, 6.45) is 0.574. The highest BCUT2D eigenvalue weighted by Gasteiger charge is 2.66. The number of hydrogen-bond acceptors (Lipinski definition) is 7. The van der Waals surface area contributed by atoms with Crippen LogP contribution in [-0.4, -0.2) is 22.0 Å². The molecule has 1 atom stereocenters. The van der Waals surface area contributed by atoms with Gasteiger partial charge in [0.2, 0.25) is 10.9 Å². The number of anilines is 2. The number of benzene rings is 3. The quantitative estimate of drug-likeness (QED) is 0.326. The second-order valence-electron chi connectivity index (χ2n) is 9.31. The fourth-order valence-electron chi connectivity index (χ4n) is 5.54. The zero-order valence-corrected chi connectivity index (χ0v) is 21.4. The van der Waals surface area contributed by atoms with Gasteiger partial charge in [-0.1, -0.05) is 66.8 Å². The van der Waals surface area contributed by atoms with Crippen molar-refractivity contribution >= 4 is 44.9 Å². The summed E-state index contributed by atoms with van der Waals surface area (Å²) in [5.41, 5.74) is -1.06. The lowest BCUT2D eigenvalue weighted by atomic mass is 9.84. The molecule has 2 aromatic heterocycles. The van der Waals surface area contributed by atoms with E-state index in [9.17, 15) is 18.8 Å². The Hall–Kier alpha value is -4.70. The van der Waals surface area contributed by atoms with Crippen molar-refractivity contribution in [3.8, 4) is 0 Å². The van der Waals surface area contributed by atoms with Crippen LogP contribution in [0.4, 0.5) is 15.2 Å². The normalized spacial score (nSPS) is 17.9. The molecule has 192 valence electrons. The molecule has 2 aliphatic heterocycles. The molecule has 7 rings (SSSR count). The van der Waals surface area contributed by atoms with E-state index in [0.29, 0.717) is 28.2 Å². The van der Waals surface area contributed by atoms with Crippen molar-refractivity contribution in [3.63, 3.8) is 0 Å². The molecule has 1 unspecified atom stereocenters. The Morgan fingerprint density at radius 2 is 1.69 bits per heavy atom. The summed E-state index contributed by atoms with van der Waals surface area (Å²) in [6, 6.07) is 19.7. The lowest BCUT2D eigenvalue weighted by Gasteiger charge is -2.32. The van der Waals surface area contributed by atoms with Crippen molar-refractivity contribution in [2.24, 2.45) is 0 Å². The standard InChI is InChI=1S/C29H19FN4O4S/c1-2-22-31-32-28(39-22)34-26(36)25-23(24(35)17-10-4-8-14-21(17)38-25)29(34)18-11-5-7-13-20(18)33(27(29)37)15-16-9-3-6-12-19(16)30/h3-14H,2,15H2,1H3. The topological polar surface area (TPSA) is 96.6 Å². The molecule has 0 saturated carbocycles. The Kier molecular flexibility index (Phi) is 5.05. The molecule has 39 heavy (non-hydrogen) atoms. The van der Waals surface area contributed by atoms with Crippen LogP contribution in [0, 0.1) is 5.82 Å². The first kappa shape index (κ1) is 23.4. The molecule has 0 radical (unpaired) electrons. The maximum absolute atomic E-state index is 14.8. The minimum atomic E-state index is -1.90. The molecule has 0 fully saturated rings. The number of carbonyl (C=O) groups is 2. The largest absolute Gasteiger partial charge is 0.450 e. The number of aryl methyl sites for hydroxylation is 1. The molecule has 0 bridgehead atoms. The maximum atomic E-state index is 14.8. The van der Waals surface area contributed by atoms with Crippen LogP contribution >= 0.6 is 11.3 Å². The van der Waals surface area contributed by atoms with Gasteiger partial charge in [-0.15, -0.1) is 10.2 Å². The molecule has 0 aliphatic carbocycles. The molecule has 5 aromatic rings. The van der Waals surface area contributed by atoms with E-state index in [0.717, 1.165) is 0 Å². The second kappa shape index (κ2) is 8.40. The highest BCUT2D eigenvalue weighted by Crippen LogP contribution is 2.54. The van der Waals surface area contributed by atoms with E-state index in [1.807, 2.05) is 6.92 Å². The maximum Gasteiger partial charge on any atom is 0.297 e. The molecule has 4 heterocycles. The highest BCUT2D eigenvalue weighted by molar-refractivity contribution is 7.15. The van der Waals surface area contributed by atoms with Gasteiger partial charge in [-0.05, 0) is 30.7 Å². The third-order valence-corrected chi connectivity index (χ3v) is 8.32. The molecule has 2 amide bonds. The summed E-state index contributed by atoms with van der Waals surface area (Å²) in [7, 11) is 0. The lowest BCUT2D eigenvalue weighted by Crippen LogP contribution is -2.53. The summed E-state index contributed by atoms with van der Waals surface area (Å²) in [4.78, 5) is 45.7. The van der Waals surface area contributed by atoms with Crippen LogP contribution in [0.3, 0.4) is 0 Å². The Morgan fingerprint density at radius 1 is 0.949 bits per heavy atom. The van der Waals surface area contributed by atoms with Crippen molar-refractivity contribution < 1.29 is 18.4 Å². The van der Waals surface area contributed by atoms with Crippen LogP contribution in [0.5, 0.6) is 0 Å². The zero-order chi connectivity index (χ0) is 26.9. The minimum Gasteiger partial charge on any atom is -0.450 e. The zero-order valence-electron chi connectivity index (χ0n) is 20.6. The van der Waals surface area contributed by atoms with Gasteiger partial charge in [0, 0.05) is 11.1 Å². The van der Waals surface area contributed by atoms with Crippen molar-refractivity contribution in [3.05, 3.63) is 116 Å². The van der Waals surface area contributed by atoms with E-state index in [1.54, 1.807) is 66.7 Å². The molecular formula is C29H19FN4O4S. The summed E-state index contributed by atoms with van der Waals surface area (Å²) in [5, 5.41) is 9.51.